The molecule has 102 valence electrons. The lowest BCUT2D eigenvalue weighted by Gasteiger charge is -2.10. The van der Waals surface area contributed by atoms with E-state index in [0.29, 0.717) is 0 Å². The first kappa shape index (κ1) is 15.0. The molecule has 0 spiro atoms. The minimum absolute atomic E-state index is 0.0316. The number of carboxylic acid groups (broad SMARTS) is 1. The highest BCUT2D eigenvalue weighted by Crippen LogP contribution is 2.26. The van der Waals surface area contributed by atoms with Gasteiger partial charge in [-0.3, -0.25) is 9.59 Å². The van der Waals surface area contributed by atoms with E-state index in [4.69, 9.17) is 16.7 Å². The first-order valence-corrected chi connectivity index (χ1v) is 5.85. The minimum Gasteiger partial charge on any atom is -0.478 e. The molecular formula is C12H13ClN2O4. The average molecular weight is 285 g/mol. The first-order chi connectivity index (χ1) is 8.91. The summed E-state index contributed by atoms with van der Waals surface area (Å²) in [6.45, 7) is 1.52. The molecule has 1 aromatic carbocycles. The zero-order valence-electron chi connectivity index (χ0n) is 10.2. The van der Waals surface area contributed by atoms with Crippen molar-refractivity contribution in [2.24, 2.45) is 0 Å². The van der Waals surface area contributed by atoms with Gasteiger partial charge in [0.2, 0.25) is 11.8 Å². The average Bonchev–Trinajstić information content (AvgIpc) is 2.30. The zero-order chi connectivity index (χ0) is 14.4. The van der Waals surface area contributed by atoms with Crippen LogP contribution in [-0.2, 0) is 9.59 Å². The molecule has 0 saturated heterocycles. The van der Waals surface area contributed by atoms with Crippen molar-refractivity contribution in [3.05, 3.63) is 28.8 Å². The second-order valence-corrected chi connectivity index (χ2v) is 4.16. The number of anilines is 1. The number of carbonyl (C=O) groups is 3. The Balaban J connectivity index is 2.73. The van der Waals surface area contributed by atoms with Crippen molar-refractivity contribution in [2.75, 3.05) is 11.9 Å². The fourth-order valence-corrected chi connectivity index (χ4v) is 1.61. The first-order valence-electron chi connectivity index (χ1n) is 5.48. The number of amides is 2. The highest BCUT2D eigenvalue weighted by atomic mass is 35.5. The summed E-state index contributed by atoms with van der Waals surface area (Å²) in [5.41, 5.74) is -0.0233. The van der Waals surface area contributed by atoms with Gasteiger partial charge in [-0.2, -0.15) is 0 Å². The van der Waals surface area contributed by atoms with Crippen LogP contribution >= 0.6 is 11.6 Å². The zero-order valence-corrected chi connectivity index (χ0v) is 11.0. The summed E-state index contributed by atoms with van der Waals surface area (Å²) >= 11 is 5.85. The van der Waals surface area contributed by atoms with E-state index in [-0.39, 0.29) is 35.1 Å². The number of para-hydroxylation sites is 1. The number of aromatic carboxylic acids is 1. The van der Waals surface area contributed by atoms with Gasteiger partial charge in [0.1, 0.15) is 0 Å². The molecule has 0 atom stereocenters. The number of carbonyl (C=O) groups excluding carboxylic acids is 2. The van der Waals surface area contributed by atoms with Crippen molar-refractivity contribution in [2.45, 2.75) is 13.3 Å². The molecule has 0 radical (unpaired) electrons. The number of benzene rings is 1. The third-order valence-electron chi connectivity index (χ3n) is 2.23. The van der Waals surface area contributed by atoms with E-state index in [1.54, 1.807) is 0 Å². The van der Waals surface area contributed by atoms with Gasteiger partial charge in [0.25, 0.3) is 0 Å². The van der Waals surface area contributed by atoms with Crippen LogP contribution in [0.5, 0.6) is 0 Å². The van der Waals surface area contributed by atoms with Crippen LogP contribution in [-0.4, -0.2) is 29.4 Å². The third-order valence-corrected chi connectivity index (χ3v) is 2.55. The number of rotatable bonds is 5. The van der Waals surface area contributed by atoms with E-state index >= 15 is 0 Å². The molecule has 2 amide bonds. The Bertz CT molecular complexity index is 516. The molecule has 0 aliphatic rings. The van der Waals surface area contributed by atoms with Crippen LogP contribution < -0.4 is 10.6 Å². The van der Waals surface area contributed by atoms with Crippen molar-refractivity contribution in [1.82, 2.24) is 5.32 Å². The van der Waals surface area contributed by atoms with E-state index < -0.39 is 11.9 Å². The van der Waals surface area contributed by atoms with Crippen molar-refractivity contribution in [3.8, 4) is 0 Å². The lowest BCUT2D eigenvalue weighted by Crippen LogP contribution is -2.25. The fraction of sp³-hybridized carbons (Fsp3) is 0.250. The van der Waals surface area contributed by atoms with Gasteiger partial charge in [-0.05, 0) is 12.1 Å². The van der Waals surface area contributed by atoms with Crippen molar-refractivity contribution in [3.63, 3.8) is 0 Å². The predicted octanol–water partition coefficient (Wildman–Crippen LogP) is 1.50. The van der Waals surface area contributed by atoms with Crippen LogP contribution in [0.2, 0.25) is 5.02 Å². The van der Waals surface area contributed by atoms with E-state index in [0.717, 1.165) is 0 Å². The van der Waals surface area contributed by atoms with Crippen LogP contribution in [0, 0.1) is 0 Å². The van der Waals surface area contributed by atoms with Crippen molar-refractivity contribution < 1.29 is 19.5 Å². The summed E-state index contributed by atoms with van der Waals surface area (Å²) in [7, 11) is 0. The maximum Gasteiger partial charge on any atom is 0.337 e. The highest BCUT2D eigenvalue weighted by molar-refractivity contribution is 6.34. The molecule has 6 nitrogen and oxygen atoms in total. The Hall–Kier alpha value is -2.08. The third kappa shape index (κ3) is 4.59. The monoisotopic (exact) mass is 284 g/mol. The number of hydrogen-bond donors (Lipinski definition) is 3. The molecule has 1 aromatic rings. The predicted molar refractivity (Wildman–Crippen MR) is 70.3 cm³/mol. The summed E-state index contributed by atoms with van der Waals surface area (Å²) in [6.07, 6.45) is 0.0316. The molecule has 1 rings (SSSR count). The lowest BCUT2D eigenvalue weighted by molar-refractivity contribution is -0.119. The number of carboxylic acids is 1. The summed E-state index contributed by atoms with van der Waals surface area (Å²) in [5.74, 6) is -1.85. The molecular weight excluding hydrogens is 272 g/mol. The largest absolute Gasteiger partial charge is 0.478 e. The quantitative estimate of drug-likeness (QED) is 0.763. The summed E-state index contributed by atoms with van der Waals surface area (Å²) in [6, 6.07) is 4.31. The summed E-state index contributed by atoms with van der Waals surface area (Å²) in [5, 5.41) is 14.0. The molecule has 0 fully saturated rings. The van der Waals surface area contributed by atoms with Crippen LogP contribution in [0.4, 0.5) is 5.69 Å². The van der Waals surface area contributed by atoms with Gasteiger partial charge in [-0.25, -0.2) is 4.79 Å². The van der Waals surface area contributed by atoms with Gasteiger partial charge in [-0.1, -0.05) is 17.7 Å². The summed E-state index contributed by atoms with van der Waals surface area (Å²) in [4.78, 5) is 33.2. The Morgan fingerprint density at radius 2 is 2.00 bits per heavy atom. The normalized spacial score (nSPS) is 9.79. The van der Waals surface area contributed by atoms with Crippen LogP contribution in [0.3, 0.4) is 0 Å². The van der Waals surface area contributed by atoms with Gasteiger partial charge < -0.3 is 15.7 Å². The highest BCUT2D eigenvalue weighted by Gasteiger charge is 2.15. The van der Waals surface area contributed by atoms with E-state index in [2.05, 4.69) is 10.6 Å². The number of nitrogens with one attached hydrogen (secondary N) is 2. The Morgan fingerprint density at radius 1 is 1.32 bits per heavy atom. The molecule has 0 aliphatic heterocycles. The second kappa shape index (κ2) is 6.75. The van der Waals surface area contributed by atoms with E-state index in [1.165, 1.54) is 25.1 Å². The topological polar surface area (TPSA) is 95.5 Å². The Morgan fingerprint density at radius 3 is 2.58 bits per heavy atom. The molecule has 0 saturated carbocycles. The lowest BCUT2D eigenvalue weighted by atomic mass is 10.1. The molecule has 0 aromatic heterocycles. The van der Waals surface area contributed by atoms with Gasteiger partial charge in [0.05, 0.1) is 16.3 Å². The van der Waals surface area contributed by atoms with Crippen LogP contribution in [0.15, 0.2) is 18.2 Å². The molecule has 0 heterocycles. The number of halogens is 1. The second-order valence-electron chi connectivity index (χ2n) is 3.75. The van der Waals surface area contributed by atoms with Crippen molar-refractivity contribution >= 4 is 35.1 Å². The molecule has 7 heteroatoms. The van der Waals surface area contributed by atoms with Gasteiger partial charge in [-0.15, -0.1) is 0 Å². The maximum atomic E-state index is 11.6. The van der Waals surface area contributed by atoms with Gasteiger partial charge in [0, 0.05) is 19.9 Å². The molecule has 19 heavy (non-hydrogen) atoms. The molecule has 0 unspecified atom stereocenters. The smallest absolute Gasteiger partial charge is 0.337 e. The Kier molecular flexibility index (Phi) is 5.32. The van der Waals surface area contributed by atoms with E-state index in [1.807, 2.05) is 0 Å². The van der Waals surface area contributed by atoms with Crippen LogP contribution in [0.25, 0.3) is 0 Å². The SMILES string of the molecule is CC(=O)NCCC(=O)Nc1c(Cl)cccc1C(=O)O. The van der Waals surface area contributed by atoms with Gasteiger partial charge in [0.15, 0.2) is 0 Å². The Labute approximate surface area is 114 Å². The van der Waals surface area contributed by atoms with Gasteiger partial charge >= 0.3 is 5.97 Å². The number of hydrogen-bond acceptors (Lipinski definition) is 3. The van der Waals surface area contributed by atoms with Crippen LogP contribution in [0.1, 0.15) is 23.7 Å². The molecule has 0 aliphatic carbocycles. The van der Waals surface area contributed by atoms with Crippen molar-refractivity contribution in [1.29, 1.82) is 0 Å². The molecule has 3 N–H and O–H groups in total. The van der Waals surface area contributed by atoms with E-state index in [9.17, 15) is 14.4 Å². The fourth-order valence-electron chi connectivity index (χ4n) is 1.38. The maximum absolute atomic E-state index is 11.6. The molecule has 0 bridgehead atoms. The standard InChI is InChI=1S/C12H13ClN2O4/c1-7(16)14-6-5-10(17)15-11-8(12(18)19)3-2-4-9(11)13/h2-4H,5-6H2,1H3,(H,14,16)(H,15,17)(H,18,19). The summed E-state index contributed by atoms with van der Waals surface area (Å²) < 4.78 is 0. The minimum atomic E-state index is -1.18.